The molecule has 1 amide bonds. The molecule has 1 aromatic rings. The van der Waals surface area contributed by atoms with E-state index in [1.165, 1.54) is 0 Å². The Morgan fingerprint density at radius 1 is 1.16 bits per heavy atom. The average molecular weight is 368 g/mol. The van der Waals surface area contributed by atoms with Crippen molar-refractivity contribution in [2.24, 2.45) is 0 Å². The normalized spacial score (nSPS) is 15.6. The number of benzene rings is 1. The summed E-state index contributed by atoms with van der Waals surface area (Å²) in [6.07, 6.45) is 5.01. The van der Waals surface area contributed by atoms with Gasteiger partial charge in [-0.2, -0.15) is 0 Å². The molecule has 1 saturated carbocycles. The van der Waals surface area contributed by atoms with E-state index in [0.29, 0.717) is 24.3 Å². The Kier molecular flexibility index (Phi) is 7.40. The highest BCUT2D eigenvalue weighted by Crippen LogP contribution is 2.20. The zero-order valence-electron chi connectivity index (χ0n) is 15.1. The summed E-state index contributed by atoms with van der Waals surface area (Å²) in [6, 6.07) is 6.88. The number of carbonyl (C=O) groups is 1. The zero-order valence-corrected chi connectivity index (χ0v) is 15.9. The number of nitrogens with zero attached hydrogens (tertiary/aromatic N) is 1. The van der Waals surface area contributed by atoms with Crippen LogP contribution in [-0.4, -0.2) is 52.5 Å². The Hall–Kier alpha value is -1.44. The van der Waals surface area contributed by atoms with Crippen molar-refractivity contribution in [3.05, 3.63) is 29.8 Å². The molecule has 0 aromatic heterocycles. The zero-order chi connectivity index (χ0) is 18.3. The predicted molar refractivity (Wildman–Crippen MR) is 98.9 cm³/mol. The van der Waals surface area contributed by atoms with Crippen LogP contribution >= 0.6 is 0 Å². The molecule has 0 bridgehead atoms. The van der Waals surface area contributed by atoms with Crippen LogP contribution in [0.3, 0.4) is 0 Å². The number of hydrogen-bond donors (Lipinski definition) is 2. The number of amides is 1. The van der Waals surface area contributed by atoms with Crippen molar-refractivity contribution >= 4 is 15.9 Å². The Morgan fingerprint density at radius 2 is 1.80 bits per heavy atom. The summed E-state index contributed by atoms with van der Waals surface area (Å²) in [5, 5.41) is 2.87. The quantitative estimate of drug-likeness (QED) is 0.694. The van der Waals surface area contributed by atoms with Gasteiger partial charge in [0.05, 0.1) is 4.90 Å². The molecule has 0 heterocycles. The van der Waals surface area contributed by atoms with E-state index < -0.39 is 10.0 Å². The second-order valence-corrected chi connectivity index (χ2v) is 8.61. The molecule has 2 rings (SSSR count). The van der Waals surface area contributed by atoms with Gasteiger partial charge in [-0.15, -0.1) is 0 Å². The minimum absolute atomic E-state index is 0.0152. The van der Waals surface area contributed by atoms with Gasteiger partial charge in [-0.25, -0.2) is 13.1 Å². The van der Waals surface area contributed by atoms with E-state index in [9.17, 15) is 13.2 Å². The van der Waals surface area contributed by atoms with Gasteiger partial charge in [0.2, 0.25) is 15.9 Å². The number of nitrogens with one attached hydrogen (secondary N) is 2. The summed E-state index contributed by atoms with van der Waals surface area (Å²) in [7, 11) is 0.477. The van der Waals surface area contributed by atoms with Gasteiger partial charge < -0.3 is 10.2 Å². The molecule has 0 unspecified atom stereocenters. The van der Waals surface area contributed by atoms with Crippen molar-refractivity contribution < 1.29 is 13.2 Å². The molecular formula is C18H29N3O3S. The van der Waals surface area contributed by atoms with E-state index in [-0.39, 0.29) is 11.9 Å². The fraction of sp³-hybridized carbons (Fsp3) is 0.611. The smallest absolute Gasteiger partial charge is 0.240 e. The molecule has 0 saturated heterocycles. The third-order valence-corrected chi connectivity index (χ3v) is 5.97. The summed E-state index contributed by atoms with van der Waals surface area (Å²) < 4.78 is 27.5. The average Bonchev–Trinajstić information content (AvgIpc) is 3.05. The van der Waals surface area contributed by atoms with Crippen molar-refractivity contribution in [3.8, 4) is 0 Å². The first-order valence-corrected chi connectivity index (χ1v) is 10.4. The van der Waals surface area contributed by atoms with Crippen LogP contribution in [0, 0.1) is 0 Å². The van der Waals surface area contributed by atoms with Crippen LogP contribution in [0.2, 0.25) is 0 Å². The molecule has 1 aliphatic carbocycles. The van der Waals surface area contributed by atoms with E-state index in [2.05, 4.69) is 10.0 Å². The minimum atomic E-state index is -3.45. The van der Waals surface area contributed by atoms with Crippen molar-refractivity contribution in [3.63, 3.8) is 0 Å². The van der Waals surface area contributed by atoms with E-state index in [1.807, 2.05) is 19.0 Å². The van der Waals surface area contributed by atoms with E-state index in [4.69, 9.17) is 0 Å². The molecule has 1 fully saturated rings. The Labute approximate surface area is 151 Å². The summed E-state index contributed by atoms with van der Waals surface area (Å²) in [6.45, 7) is 1.45. The molecule has 7 heteroatoms. The molecule has 1 aliphatic rings. The second kappa shape index (κ2) is 9.31. The number of hydrogen-bond acceptors (Lipinski definition) is 4. The minimum Gasteiger partial charge on any atom is -0.355 e. The SMILES string of the molecule is CN(C)CCNC(=O)CCc1ccc(S(=O)(=O)NC2CCCC2)cc1. The van der Waals surface area contributed by atoms with Crippen LogP contribution in [0.15, 0.2) is 29.2 Å². The molecule has 2 N–H and O–H groups in total. The van der Waals surface area contributed by atoms with Crippen molar-refractivity contribution in [2.75, 3.05) is 27.2 Å². The maximum Gasteiger partial charge on any atom is 0.240 e. The van der Waals surface area contributed by atoms with Gasteiger partial charge >= 0.3 is 0 Å². The lowest BCUT2D eigenvalue weighted by Gasteiger charge is -2.13. The molecule has 0 radical (unpaired) electrons. The largest absolute Gasteiger partial charge is 0.355 e. The van der Waals surface area contributed by atoms with Gasteiger partial charge in [0, 0.05) is 25.6 Å². The third-order valence-electron chi connectivity index (χ3n) is 4.43. The molecule has 1 aromatic carbocycles. The molecule has 0 atom stereocenters. The predicted octanol–water partition coefficient (Wildman–Crippen LogP) is 1.52. The summed E-state index contributed by atoms with van der Waals surface area (Å²) in [5.41, 5.74) is 0.961. The highest BCUT2D eigenvalue weighted by molar-refractivity contribution is 7.89. The van der Waals surface area contributed by atoms with Gasteiger partial charge in [-0.05, 0) is 51.1 Å². The molecule has 25 heavy (non-hydrogen) atoms. The number of aryl methyl sites for hydroxylation is 1. The molecule has 0 aliphatic heterocycles. The topological polar surface area (TPSA) is 78.5 Å². The van der Waals surface area contributed by atoms with E-state index in [0.717, 1.165) is 37.8 Å². The van der Waals surface area contributed by atoms with Crippen LogP contribution < -0.4 is 10.0 Å². The van der Waals surface area contributed by atoms with Crippen molar-refractivity contribution in [1.82, 2.24) is 14.9 Å². The first-order valence-electron chi connectivity index (χ1n) is 8.89. The molecule has 6 nitrogen and oxygen atoms in total. The molecular weight excluding hydrogens is 338 g/mol. The van der Waals surface area contributed by atoms with Crippen LogP contribution in [-0.2, 0) is 21.2 Å². The van der Waals surface area contributed by atoms with Crippen LogP contribution in [0.5, 0.6) is 0 Å². The van der Waals surface area contributed by atoms with Crippen LogP contribution in [0.1, 0.15) is 37.7 Å². The number of carbonyl (C=O) groups excluding carboxylic acids is 1. The Balaban J connectivity index is 1.81. The van der Waals surface area contributed by atoms with Gasteiger partial charge in [-0.3, -0.25) is 4.79 Å². The second-order valence-electron chi connectivity index (χ2n) is 6.90. The van der Waals surface area contributed by atoms with Crippen molar-refractivity contribution in [1.29, 1.82) is 0 Å². The number of likely N-dealkylation sites (N-methyl/N-ethyl adjacent to an activating group) is 1. The monoisotopic (exact) mass is 367 g/mol. The van der Waals surface area contributed by atoms with E-state index in [1.54, 1.807) is 24.3 Å². The van der Waals surface area contributed by atoms with Crippen molar-refractivity contribution in [2.45, 2.75) is 49.5 Å². The van der Waals surface area contributed by atoms with Gasteiger partial charge in [0.15, 0.2) is 0 Å². The van der Waals surface area contributed by atoms with Gasteiger partial charge in [0.25, 0.3) is 0 Å². The molecule has 140 valence electrons. The maximum atomic E-state index is 12.4. The van der Waals surface area contributed by atoms with Crippen LogP contribution in [0.4, 0.5) is 0 Å². The first kappa shape index (κ1) is 19.9. The lowest BCUT2D eigenvalue weighted by Crippen LogP contribution is -2.32. The number of rotatable bonds is 9. The summed E-state index contributed by atoms with van der Waals surface area (Å²) >= 11 is 0. The number of sulfonamides is 1. The van der Waals surface area contributed by atoms with E-state index >= 15 is 0 Å². The highest BCUT2D eigenvalue weighted by Gasteiger charge is 2.22. The van der Waals surface area contributed by atoms with Gasteiger partial charge in [-0.1, -0.05) is 25.0 Å². The maximum absolute atomic E-state index is 12.4. The van der Waals surface area contributed by atoms with Crippen LogP contribution in [0.25, 0.3) is 0 Å². The molecule has 0 spiro atoms. The standard InChI is InChI=1S/C18H29N3O3S/c1-21(2)14-13-19-18(22)12-9-15-7-10-17(11-8-15)25(23,24)20-16-5-3-4-6-16/h7-8,10-11,16,20H,3-6,9,12-14H2,1-2H3,(H,19,22). The Bertz CT molecular complexity index is 651. The fourth-order valence-corrected chi connectivity index (χ4v) is 4.24. The highest BCUT2D eigenvalue weighted by atomic mass is 32.2. The lowest BCUT2D eigenvalue weighted by molar-refractivity contribution is -0.121. The summed E-state index contributed by atoms with van der Waals surface area (Å²) in [5.74, 6) is 0.0152. The Morgan fingerprint density at radius 3 is 2.40 bits per heavy atom. The fourth-order valence-electron chi connectivity index (χ4n) is 2.93. The lowest BCUT2D eigenvalue weighted by atomic mass is 10.1. The van der Waals surface area contributed by atoms with Gasteiger partial charge in [0.1, 0.15) is 0 Å². The summed E-state index contributed by atoms with van der Waals surface area (Å²) in [4.78, 5) is 14.1. The first-order chi connectivity index (χ1) is 11.9. The third kappa shape index (κ3) is 6.76.